The molecule has 3 nitrogen and oxygen atoms in total. The monoisotopic (exact) mass is 360 g/mol. The van der Waals surface area contributed by atoms with E-state index in [1.54, 1.807) is 29.7 Å². The van der Waals surface area contributed by atoms with Gasteiger partial charge in [-0.25, -0.2) is 4.39 Å². The Bertz CT molecular complexity index is 719. The summed E-state index contributed by atoms with van der Waals surface area (Å²) in [5.41, 5.74) is 0.979. The number of nitrogens with one attached hydrogen (secondary N) is 1. The number of furan rings is 1. The lowest BCUT2D eigenvalue weighted by Crippen LogP contribution is -2.38. The number of hydrogen-bond acceptors (Lipinski definition) is 3. The highest BCUT2D eigenvalue weighted by Gasteiger charge is 2.13. The molecule has 0 bridgehead atoms. The van der Waals surface area contributed by atoms with Gasteiger partial charge in [0, 0.05) is 11.4 Å². The van der Waals surface area contributed by atoms with E-state index >= 15 is 0 Å². The zero-order valence-electron chi connectivity index (χ0n) is 12.9. The van der Waals surface area contributed by atoms with E-state index in [4.69, 9.17) is 16.6 Å². The molecule has 0 fully saturated rings. The number of benzene rings is 1. The molecule has 0 aliphatic rings. The van der Waals surface area contributed by atoms with Crippen molar-refractivity contribution in [2.45, 2.75) is 19.6 Å². The SMILES string of the molecule is Fc1ccc(CNC(=S)N(Cc2ccco2)Cc2cccs2)cc1. The van der Waals surface area contributed by atoms with Gasteiger partial charge >= 0.3 is 0 Å². The molecule has 0 radical (unpaired) electrons. The van der Waals surface area contributed by atoms with E-state index in [9.17, 15) is 4.39 Å². The quantitative estimate of drug-likeness (QED) is 0.653. The van der Waals surface area contributed by atoms with Gasteiger partial charge in [0.1, 0.15) is 11.6 Å². The first-order chi connectivity index (χ1) is 11.7. The Morgan fingerprint density at radius 3 is 2.62 bits per heavy atom. The molecule has 3 aromatic rings. The molecule has 0 saturated heterocycles. The van der Waals surface area contributed by atoms with E-state index in [-0.39, 0.29) is 5.82 Å². The van der Waals surface area contributed by atoms with Crippen LogP contribution in [0.5, 0.6) is 0 Å². The average molecular weight is 360 g/mol. The highest BCUT2D eigenvalue weighted by atomic mass is 32.1. The lowest BCUT2D eigenvalue weighted by Gasteiger charge is -2.24. The summed E-state index contributed by atoms with van der Waals surface area (Å²) in [6, 6.07) is 14.3. The van der Waals surface area contributed by atoms with Gasteiger partial charge in [-0.1, -0.05) is 18.2 Å². The van der Waals surface area contributed by atoms with Crippen molar-refractivity contribution in [1.82, 2.24) is 10.2 Å². The van der Waals surface area contributed by atoms with Gasteiger partial charge in [0.25, 0.3) is 0 Å². The Morgan fingerprint density at radius 1 is 1.12 bits per heavy atom. The Kier molecular flexibility index (Phi) is 5.61. The maximum atomic E-state index is 13.0. The summed E-state index contributed by atoms with van der Waals surface area (Å²) < 4.78 is 18.4. The van der Waals surface area contributed by atoms with Crippen molar-refractivity contribution in [3.05, 3.63) is 82.2 Å². The van der Waals surface area contributed by atoms with E-state index in [1.165, 1.54) is 17.0 Å². The Labute approximate surface area is 149 Å². The van der Waals surface area contributed by atoms with E-state index in [1.807, 2.05) is 18.2 Å². The zero-order valence-corrected chi connectivity index (χ0v) is 14.6. The van der Waals surface area contributed by atoms with Crippen LogP contribution in [0.3, 0.4) is 0 Å². The maximum Gasteiger partial charge on any atom is 0.169 e. The summed E-state index contributed by atoms with van der Waals surface area (Å²) >= 11 is 7.25. The van der Waals surface area contributed by atoms with Crippen LogP contribution in [-0.4, -0.2) is 10.0 Å². The number of thiocarbonyl (C=S) groups is 1. The van der Waals surface area contributed by atoms with E-state index in [2.05, 4.69) is 21.7 Å². The third-order valence-electron chi connectivity index (χ3n) is 3.50. The predicted molar refractivity (Wildman–Crippen MR) is 98.1 cm³/mol. The largest absolute Gasteiger partial charge is 0.467 e. The van der Waals surface area contributed by atoms with Crippen molar-refractivity contribution >= 4 is 28.7 Å². The highest BCUT2D eigenvalue weighted by molar-refractivity contribution is 7.80. The Balaban J connectivity index is 1.64. The number of halogens is 1. The van der Waals surface area contributed by atoms with Crippen LogP contribution in [0.1, 0.15) is 16.2 Å². The molecule has 0 amide bonds. The van der Waals surface area contributed by atoms with E-state index in [0.717, 1.165) is 11.3 Å². The molecule has 0 spiro atoms. The Morgan fingerprint density at radius 2 is 1.96 bits per heavy atom. The van der Waals surface area contributed by atoms with Crippen LogP contribution < -0.4 is 5.32 Å². The lowest BCUT2D eigenvalue weighted by atomic mass is 10.2. The zero-order chi connectivity index (χ0) is 16.8. The van der Waals surface area contributed by atoms with Gasteiger partial charge in [-0.3, -0.25) is 0 Å². The summed E-state index contributed by atoms with van der Waals surface area (Å²) in [6.45, 7) is 1.87. The fourth-order valence-corrected chi connectivity index (χ4v) is 3.19. The molecule has 24 heavy (non-hydrogen) atoms. The van der Waals surface area contributed by atoms with Gasteiger partial charge in [-0.2, -0.15) is 0 Å². The van der Waals surface area contributed by atoms with E-state index < -0.39 is 0 Å². The fourth-order valence-electron chi connectivity index (χ4n) is 2.27. The van der Waals surface area contributed by atoms with Crippen molar-refractivity contribution in [2.75, 3.05) is 0 Å². The second-order valence-electron chi connectivity index (χ2n) is 5.30. The Hall–Kier alpha value is -2.18. The topological polar surface area (TPSA) is 28.4 Å². The summed E-state index contributed by atoms with van der Waals surface area (Å²) in [6.07, 6.45) is 1.66. The highest BCUT2D eigenvalue weighted by Crippen LogP contribution is 2.15. The van der Waals surface area contributed by atoms with Gasteiger partial charge < -0.3 is 14.6 Å². The van der Waals surface area contributed by atoms with Crippen LogP contribution in [0.4, 0.5) is 4.39 Å². The van der Waals surface area contributed by atoms with Gasteiger partial charge in [-0.15, -0.1) is 11.3 Å². The van der Waals surface area contributed by atoms with Crippen LogP contribution in [0, 0.1) is 5.82 Å². The number of nitrogens with zero attached hydrogens (tertiary/aromatic N) is 1. The molecule has 6 heteroatoms. The molecule has 2 aromatic heterocycles. The van der Waals surface area contributed by atoms with Gasteiger partial charge in [0.05, 0.1) is 19.4 Å². The maximum absolute atomic E-state index is 13.0. The van der Waals surface area contributed by atoms with Crippen molar-refractivity contribution < 1.29 is 8.81 Å². The summed E-state index contributed by atoms with van der Waals surface area (Å²) in [4.78, 5) is 3.29. The second-order valence-corrected chi connectivity index (χ2v) is 6.72. The van der Waals surface area contributed by atoms with Crippen LogP contribution >= 0.6 is 23.6 Å². The third kappa shape index (κ3) is 4.66. The summed E-state index contributed by atoms with van der Waals surface area (Å²) in [5.74, 6) is 0.621. The second kappa shape index (κ2) is 8.08. The molecule has 2 heterocycles. The van der Waals surface area contributed by atoms with Crippen LogP contribution in [0.2, 0.25) is 0 Å². The van der Waals surface area contributed by atoms with E-state index in [0.29, 0.717) is 24.7 Å². The third-order valence-corrected chi connectivity index (χ3v) is 4.76. The lowest BCUT2D eigenvalue weighted by molar-refractivity contribution is 0.353. The first-order valence-electron chi connectivity index (χ1n) is 7.53. The molecule has 0 atom stereocenters. The average Bonchev–Trinajstić information content (AvgIpc) is 3.27. The molecule has 0 aliphatic heterocycles. The molecule has 1 aromatic carbocycles. The van der Waals surface area contributed by atoms with Crippen LogP contribution in [-0.2, 0) is 19.6 Å². The van der Waals surface area contributed by atoms with Gasteiger partial charge in [-0.05, 0) is 53.5 Å². The van der Waals surface area contributed by atoms with Crippen LogP contribution in [0.15, 0.2) is 64.6 Å². The molecule has 124 valence electrons. The first kappa shape index (κ1) is 16.7. The van der Waals surface area contributed by atoms with Crippen molar-refractivity contribution in [3.63, 3.8) is 0 Å². The summed E-state index contributed by atoms with van der Waals surface area (Å²) in [7, 11) is 0. The van der Waals surface area contributed by atoms with Crippen molar-refractivity contribution in [2.24, 2.45) is 0 Å². The first-order valence-corrected chi connectivity index (χ1v) is 8.81. The standard InChI is InChI=1S/C18H17FN2OS2/c19-15-7-5-14(6-8-15)11-20-18(23)21(12-16-3-1-9-22-16)13-17-4-2-10-24-17/h1-10H,11-13H2,(H,20,23). The normalized spacial score (nSPS) is 10.5. The molecular formula is C18H17FN2OS2. The fraction of sp³-hybridized carbons (Fsp3) is 0.167. The van der Waals surface area contributed by atoms with Crippen molar-refractivity contribution in [3.8, 4) is 0 Å². The number of hydrogen-bond donors (Lipinski definition) is 1. The molecule has 3 rings (SSSR count). The summed E-state index contributed by atoms with van der Waals surface area (Å²) in [5, 5.41) is 5.93. The number of rotatable bonds is 6. The molecule has 0 saturated carbocycles. The molecule has 1 N–H and O–H groups in total. The molecular weight excluding hydrogens is 343 g/mol. The minimum absolute atomic E-state index is 0.238. The number of thiophene rings is 1. The predicted octanol–water partition coefficient (Wildman–Crippen LogP) is 4.56. The smallest absolute Gasteiger partial charge is 0.169 e. The minimum atomic E-state index is -0.238. The molecule has 0 unspecified atom stereocenters. The van der Waals surface area contributed by atoms with Crippen molar-refractivity contribution in [1.29, 1.82) is 0 Å². The van der Waals surface area contributed by atoms with Gasteiger partial charge in [0.15, 0.2) is 5.11 Å². The molecule has 0 aliphatic carbocycles. The van der Waals surface area contributed by atoms with Crippen LogP contribution in [0.25, 0.3) is 0 Å². The van der Waals surface area contributed by atoms with Gasteiger partial charge in [0.2, 0.25) is 0 Å². The minimum Gasteiger partial charge on any atom is -0.467 e.